The number of benzene rings is 1. The number of ether oxygens (including phenoxy) is 2. The summed E-state index contributed by atoms with van der Waals surface area (Å²) < 4.78 is 12.2. The van der Waals surface area contributed by atoms with Crippen LogP contribution >= 0.6 is 0 Å². The summed E-state index contributed by atoms with van der Waals surface area (Å²) in [5, 5.41) is 4.13. The molecule has 0 fully saturated rings. The Hall–Kier alpha value is -2.50. The van der Waals surface area contributed by atoms with Crippen LogP contribution in [0.4, 0.5) is 0 Å². The van der Waals surface area contributed by atoms with Crippen LogP contribution in [0.3, 0.4) is 0 Å². The van der Waals surface area contributed by atoms with Crippen molar-refractivity contribution in [1.82, 2.24) is 19.7 Å². The molecular formula is C12H12N4O2. The van der Waals surface area contributed by atoms with Gasteiger partial charge in [0.2, 0.25) is 5.95 Å². The number of nitrogens with one attached hydrogen (secondary N) is 1. The minimum absolute atomic E-state index is 0.656. The number of fused-ring (bicyclic) bond motifs is 1. The van der Waals surface area contributed by atoms with E-state index in [4.69, 9.17) is 9.47 Å². The van der Waals surface area contributed by atoms with Gasteiger partial charge in [-0.1, -0.05) is 0 Å². The second-order valence-corrected chi connectivity index (χ2v) is 3.74. The molecule has 1 N–H and O–H groups in total. The van der Waals surface area contributed by atoms with Gasteiger partial charge in [0.15, 0.2) is 11.5 Å². The molecule has 0 aliphatic heterocycles. The van der Waals surface area contributed by atoms with E-state index in [9.17, 15) is 0 Å². The number of rotatable bonds is 3. The number of hydrogen-bond acceptors (Lipinski definition) is 4. The normalized spacial score (nSPS) is 10.8. The van der Waals surface area contributed by atoms with Gasteiger partial charge < -0.3 is 14.5 Å². The van der Waals surface area contributed by atoms with Crippen molar-refractivity contribution in [2.24, 2.45) is 0 Å². The Bertz CT molecular complexity index is 632. The predicted octanol–water partition coefficient (Wildman–Crippen LogP) is 1.77. The highest BCUT2D eigenvalue weighted by Gasteiger charge is 2.10. The van der Waals surface area contributed by atoms with E-state index in [-0.39, 0.29) is 0 Å². The molecule has 2 aromatic heterocycles. The number of aromatic nitrogens is 4. The molecule has 0 spiro atoms. The fraction of sp³-hybridized carbons (Fsp3) is 0.167. The van der Waals surface area contributed by atoms with Gasteiger partial charge in [0.1, 0.15) is 0 Å². The van der Waals surface area contributed by atoms with E-state index in [1.165, 1.54) is 0 Å². The lowest BCUT2D eigenvalue weighted by Crippen LogP contribution is -1.95. The van der Waals surface area contributed by atoms with Crippen LogP contribution in [0.25, 0.3) is 17.0 Å². The van der Waals surface area contributed by atoms with Crippen LogP contribution in [-0.4, -0.2) is 34.0 Å². The van der Waals surface area contributed by atoms with Gasteiger partial charge in [0.25, 0.3) is 0 Å². The van der Waals surface area contributed by atoms with E-state index in [0.717, 1.165) is 11.0 Å². The summed E-state index contributed by atoms with van der Waals surface area (Å²) >= 11 is 0. The van der Waals surface area contributed by atoms with Crippen LogP contribution in [0.5, 0.6) is 11.5 Å². The van der Waals surface area contributed by atoms with E-state index in [0.29, 0.717) is 17.4 Å². The average molecular weight is 244 g/mol. The zero-order valence-electron chi connectivity index (χ0n) is 10.0. The molecule has 6 nitrogen and oxygen atoms in total. The van der Waals surface area contributed by atoms with Crippen molar-refractivity contribution < 1.29 is 9.47 Å². The van der Waals surface area contributed by atoms with E-state index in [1.807, 2.05) is 24.4 Å². The van der Waals surface area contributed by atoms with Gasteiger partial charge in [-0.2, -0.15) is 5.10 Å². The summed E-state index contributed by atoms with van der Waals surface area (Å²) in [4.78, 5) is 7.63. The molecular weight excluding hydrogens is 232 g/mol. The molecule has 6 heteroatoms. The molecule has 0 saturated carbocycles. The van der Waals surface area contributed by atoms with Crippen LogP contribution in [0.2, 0.25) is 0 Å². The summed E-state index contributed by atoms with van der Waals surface area (Å²) in [7, 11) is 3.21. The number of nitrogens with zero attached hydrogens (tertiary/aromatic N) is 3. The Balaban J connectivity index is 2.17. The molecule has 0 atom stereocenters. The van der Waals surface area contributed by atoms with Gasteiger partial charge in [-0.25, -0.2) is 9.67 Å². The summed E-state index contributed by atoms with van der Waals surface area (Å²) in [5.41, 5.74) is 1.68. The van der Waals surface area contributed by atoms with Gasteiger partial charge >= 0.3 is 0 Å². The lowest BCUT2D eigenvalue weighted by molar-refractivity contribution is 0.356. The quantitative estimate of drug-likeness (QED) is 0.762. The van der Waals surface area contributed by atoms with Crippen molar-refractivity contribution in [3.8, 4) is 17.4 Å². The molecule has 0 aliphatic rings. The molecule has 2 heterocycles. The van der Waals surface area contributed by atoms with E-state index in [1.54, 1.807) is 25.1 Å². The molecule has 0 unspecified atom stereocenters. The van der Waals surface area contributed by atoms with E-state index < -0.39 is 0 Å². The SMILES string of the molecule is COc1cc2nc(-n3cccn3)[nH]c2cc1OC. The molecule has 0 aliphatic carbocycles. The monoisotopic (exact) mass is 244 g/mol. The van der Waals surface area contributed by atoms with Gasteiger partial charge in [-0.15, -0.1) is 0 Å². The lowest BCUT2D eigenvalue weighted by atomic mass is 10.3. The first-order chi connectivity index (χ1) is 8.81. The standard InChI is InChI=1S/C12H12N4O2/c1-17-10-6-8-9(7-11(10)18-2)15-12(14-8)16-5-3-4-13-16/h3-7H,1-2H3,(H,14,15). The van der Waals surface area contributed by atoms with Crippen LogP contribution in [0.1, 0.15) is 0 Å². The average Bonchev–Trinajstić information content (AvgIpc) is 3.04. The minimum Gasteiger partial charge on any atom is -0.493 e. The van der Waals surface area contributed by atoms with Gasteiger partial charge in [0.05, 0.1) is 25.3 Å². The summed E-state index contributed by atoms with van der Waals surface area (Å²) in [5.74, 6) is 1.98. The molecule has 0 bridgehead atoms. The molecule has 18 heavy (non-hydrogen) atoms. The first kappa shape index (κ1) is 10.6. The van der Waals surface area contributed by atoms with Crippen molar-refractivity contribution in [2.45, 2.75) is 0 Å². The van der Waals surface area contributed by atoms with Gasteiger partial charge in [0, 0.05) is 24.5 Å². The Morgan fingerprint density at radius 2 is 1.94 bits per heavy atom. The molecule has 0 radical (unpaired) electrons. The number of methoxy groups -OCH3 is 2. The Morgan fingerprint density at radius 1 is 1.17 bits per heavy atom. The zero-order chi connectivity index (χ0) is 12.5. The van der Waals surface area contributed by atoms with Crippen LogP contribution in [0.15, 0.2) is 30.6 Å². The van der Waals surface area contributed by atoms with Gasteiger partial charge in [-0.3, -0.25) is 0 Å². The maximum absolute atomic E-state index is 5.25. The van der Waals surface area contributed by atoms with E-state index in [2.05, 4.69) is 15.1 Å². The second-order valence-electron chi connectivity index (χ2n) is 3.74. The highest BCUT2D eigenvalue weighted by molar-refractivity contribution is 5.80. The van der Waals surface area contributed by atoms with Crippen molar-refractivity contribution >= 4 is 11.0 Å². The van der Waals surface area contributed by atoms with Crippen molar-refractivity contribution in [1.29, 1.82) is 0 Å². The Morgan fingerprint density at radius 3 is 2.61 bits per heavy atom. The lowest BCUT2D eigenvalue weighted by Gasteiger charge is -2.05. The molecule has 0 saturated heterocycles. The Labute approximate surface area is 103 Å². The van der Waals surface area contributed by atoms with E-state index >= 15 is 0 Å². The van der Waals surface area contributed by atoms with Gasteiger partial charge in [-0.05, 0) is 6.07 Å². The van der Waals surface area contributed by atoms with Crippen molar-refractivity contribution in [3.05, 3.63) is 30.6 Å². The molecule has 0 amide bonds. The topological polar surface area (TPSA) is 65.0 Å². The third-order valence-corrected chi connectivity index (χ3v) is 2.70. The van der Waals surface area contributed by atoms with Crippen LogP contribution in [-0.2, 0) is 0 Å². The third-order valence-electron chi connectivity index (χ3n) is 2.70. The fourth-order valence-corrected chi connectivity index (χ4v) is 1.83. The number of aromatic amines is 1. The zero-order valence-corrected chi connectivity index (χ0v) is 10.0. The largest absolute Gasteiger partial charge is 0.493 e. The van der Waals surface area contributed by atoms with Crippen LogP contribution < -0.4 is 9.47 Å². The maximum Gasteiger partial charge on any atom is 0.229 e. The predicted molar refractivity (Wildman–Crippen MR) is 66.3 cm³/mol. The third kappa shape index (κ3) is 1.58. The van der Waals surface area contributed by atoms with Crippen molar-refractivity contribution in [3.63, 3.8) is 0 Å². The maximum atomic E-state index is 5.25. The highest BCUT2D eigenvalue weighted by atomic mass is 16.5. The smallest absolute Gasteiger partial charge is 0.229 e. The summed E-state index contributed by atoms with van der Waals surface area (Å²) in [6.45, 7) is 0. The first-order valence-electron chi connectivity index (χ1n) is 5.43. The fourth-order valence-electron chi connectivity index (χ4n) is 1.83. The molecule has 92 valence electrons. The summed E-state index contributed by atoms with van der Waals surface area (Å²) in [6, 6.07) is 5.53. The van der Waals surface area contributed by atoms with Crippen LogP contribution in [0, 0.1) is 0 Å². The molecule has 3 rings (SSSR count). The molecule has 1 aromatic carbocycles. The second kappa shape index (κ2) is 4.06. The number of H-pyrrole nitrogens is 1. The number of imidazole rings is 1. The summed E-state index contributed by atoms with van der Waals surface area (Å²) in [6.07, 6.45) is 3.53. The molecule has 3 aromatic rings. The number of hydrogen-bond donors (Lipinski definition) is 1. The van der Waals surface area contributed by atoms with Crippen molar-refractivity contribution in [2.75, 3.05) is 14.2 Å². The minimum atomic E-state index is 0.656. The first-order valence-corrected chi connectivity index (χ1v) is 5.43. The highest BCUT2D eigenvalue weighted by Crippen LogP contribution is 2.31. The Kier molecular flexibility index (Phi) is 2.40.